The van der Waals surface area contributed by atoms with Gasteiger partial charge in [-0.1, -0.05) is 68.3 Å². The van der Waals surface area contributed by atoms with Gasteiger partial charge in [-0.15, -0.1) is 0 Å². The summed E-state index contributed by atoms with van der Waals surface area (Å²) < 4.78 is 0. The second-order valence-corrected chi connectivity index (χ2v) is 10.3. The summed E-state index contributed by atoms with van der Waals surface area (Å²) in [5.74, 6) is -2.61. The predicted molar refractivity (Wildman–Crippen MR) is 140 cm³/mol. The van der Waals surface area contributed by atoms with Crippen molar-refractivity contribution >= 4 is 29.1 Å². The summed E-state index contributed by atoms with van der Waals surface area (Å²) in [5, 5.41) is 13.8. The third kappa shape index (κ3) is 3.55. The van der Waals surface area contributed by atoms with E-state index in [4.69, 9.17) is 0 Å². The van der Waals surface area contributed by atoms with Gasteiger partial charge in [0.25, 0.3) is 5.69 Å². The molecule has 3 atom stereocenters. The number of likely N-dealkylation sites (tertiary alicyclic amines) is 1. The molecule has 3 aliphatic carbocycles. The standard InChI is InChI=1S/C30H27N3O5/c1-2-3-12-23(28(34)31-17-13-15-18(16-14-17)33(37)38)32-29(35)26-24-19-8-4-5-9-20(19)25(27(26)30(32)36)22-11-7-6-10-21(22)24/h4-11,13-16,23-27H,2-3,12H2,1H3,(H,31,34)/t23-,24?,25?,26-,27+/m0/s1. The molecule has 3 aromatic carbocycles. The van der Waals surface area contributed by atoms with Crippen molar-refractivity contribution in [1.82, 2.24) is 4.90 Å². The molecule has 0 spiro atoms. The number of hydrogen-bond donors (Lipinski definition) is 1. The van der Waals surface area contributed by atoms with E-state index in [0.29, 0.717) is 18.5 Å². The molecule has 0 unspecified atom stereocenters. The van der Waals surface area contributed by atoms with Crippen LogP contribution in [0.2, 0.25) is 0 Å². The Morgan fingerprint density at radius 3 is 1.76 bits per heavy atom. The first-order valence-corrected chi connectivity index (χ1v) is 13.0. The molecule has 3 aromatic rings. The highest BCUT2D eigenvalue weighted by Gasteiger charge is 2.62. The summed E-state index contributed by atoms with van der Waals surface area (Å²) in [4.78, 5) is 53.4. The average molecular weight is 510 g/mol. The van der Waals surface area contributed by atoms with E-state index in [9.17, 15) is 24.5 Å². The van der Waals surface area contributed by atoms with Gasteiger partial charge in [-0.25, -0.2) is 0 Å². The molecular formula is C30H27N3O5. The number of nitro groups is 1. The molecule has 0 aromatic heterocycles. The van der Waals surface area contributed by atoms with Crippen molar-refractivity contribution in [2.45, 2.75) is 44.1 Å². The maximum atomic E-state index is 14.1. The number of imide groups is 1. The molecule has 1 aliphatic heterocycles. The second kappa shape index (κ2) is 9.20. The molecule has 0 radical (unpaired) electrons. The van der Waals surface area contributed by atoms with E-state index in [1.807, 2.05) is 31.2 Å². The molecule has 1 saturated heterocycles. The van der Waals surface area contributed by atoms with Crippen molar-refractivity contribution in [2.75, 3.05) is 5.32 Å². The lowest BCUT2D eigenvalue weighted by atomic mass is 9.55. The molecule has 8 heteroatoms. The van der Waals surface area contributed by atoms with Crippen molar-refractivity contribution in [1.29, 1.82) is 0 Å². The smallest absolute Gasteiger partial charge is 0.269 e. The zero-order chi connectivity index (χ0) is 26.6. The average Bonchev–Trinajstić information content (AvgIpc) is 3.19. The van der Waals surface area contributed by atoms with Gasteiger partial charge in [-0.3, -0.25) is 29.4 Å². The Kier molecular flexibility index (Phi) is 5.82. The van der Waals surface area contributed by atoms with Crippen LogP contribution in [-0.4, -0.2) is 33.6 Å². The zero-order valence-corrected chi connectivity index (χ0v) is 20.9. The molecule has 1 fully saturated rings. The lowest BCUT2D eigenvalue weighted by molar-refractivity contribution is -0.384. The molecular weight excluding hydrogens is 482 g/mol. The molecule has 4 aliphatic rings. The lowest BCUT2D eigenvalue weighted by Gasteiger charge is -2.45. The minimum absolute atomic E-state index is 0.0888. The summed E-state index contributed by atoms with van der Waals surface area (Å²) in [6.45, 7) is 1.99. The number of nitro benzene ring substituents is 1. The van der Waals surface area contributed by atoms with Crippen LogP contribution in [0.25, 0.3) is 0 Å². The van der Waals surface area contributed by atoms with E-state index in [1.165, 1.54) is 29.2 Å². The first kappa shape index (κ1) is 24.0. The number of nitrogens with one attached hydrogen (secondary N) is 1. The van der Waals surface area contributed by atoms with Gasteiger partial charge in [0.1, 0.15) is 6.04 Å². The van der Waals surface area contributed by atoms with Gasteiger partial charge in [-0.2, -0.15) is 0 Å². The summed E-state index contributed by atoms with van der Waals surface area (Å²) in [5.41, 5.74) is 4.62. The van der Waals surface area contributed by atoms with Crippen molar-refractivity contribution in [3.63, 3.8) is 0 Å². The van der Waals surface area contributed by atoms with Crippen LogP contribution in [0.4, 0.5) is 11.4 Å². The molecule has 3 amide bonds. The fourth-order valence-electron chi connectivity index (χ4n) is 6.67. The third-order valence-electron chi connectivity index (χ3n) is 8.27. The number of non-ortho nitro benzene ring substituents is 1. The van der Waals surface area contributed by atoms with Crippen LogP contribution in [0.5, 0.6) is 0 Å². The van der Waals surface area contributed by atoms with Gasteiger partial charge in [0.2, 0.25) is 17.7 Å². The number of anilines is 1. The number of carbonyl (C=O) groups excluding carboxylic acids is 3. The normalized spacial score (nSPS) is 23.4. The van der Waals surface area contributed by atoms with Crippen LogP contribution >= 0.6 is 0 Å². The zero-order valence-electron chi connectivity index (χ0n) is 20.9. The summed E-state index contributed by atoms with van der Waals surface area (Å²) >= 11 is 0. The Balaban J connectivity index is 1.36. The third-order valence-corrected chi connectivity index (χ3v) is 8.27. The molecule has 1 heterocycles. The van der Waals surface area contributed by atoms with Gasteiger partial charge >= 0.3 is 0 Å². The molecule has 8 nitrogen and oxygen atoms in total. The van der Waals surface area contributed by atoms with E-state index in [1.54, 1.807) is 0 Å². The van der Waals surface area contributed by atoms with Crippen molar-refractivity contribution in [2.24, 2.45) is 11.8 Å². The Labute approximate surface area is 219 Å². The quantitative estimate of drug-likeness (QED) is 0.274. The second-order valence-electron chi connectivity index (χ2n) is 10.3. The number of nitrogens with zero attached hydrogens (tertiary/aromatic N) is 2. The Morgan fingerprint density at radius 2 is 1.34 bits per heavy atom. The van der Waals surface area contributed by atoms with E-state index in [-0.39, 0.29) is 29.3 Å². The lowest BCUT2D eigenvalue weighted by Crippen LogP contribution is -2.48. The van der Waals surface area contributed by atoms with E-state index in [2.05, 4.69) is 29.6 Å². The Bertz CT molecular complexity index is 1350. The van der Waals surface area contributed by atoms with E-state index in [0.717, 1.165) is 28.7 Å². The molecule has 0 saturated carbocycles. The topological polar surface area (TPSA) is 110 Å². The van der Waals surface area contributed by atoms with Crippen LogP contribution in [0.15, 0.2) is 72.8 Å². The van der Waals surface area contributed by atoms with Crippen molar-refractivity contribution in [3.05, 3.63) is 105 Å². The number of benzene rings is 3. The van der Waals surface area contributed by atoms with Gasteiger partial charge in [0.05, 0.1) is 16.8 Å². The van der Waals surface area contributed by atoms with Crippen LogP contribution in [0.1, 0.15) is 60.3 Å². The van der Waals surface area contributed by atoms with Gasteiger partial charge in [-0.05, 0) is 40.8 Å². The minimum Gasteiger partial charge on any atom is -0.324 e. The molecule has 38 heavy (non-hydrogen) atoms. The summed E-state index contributed by atoms with van der Waals surface area (Å²) in [7, 11) is 0. The fourth-order valence-corrected chi connectivity index (χ4v) is 6.67. The van der Waals surface area contributed by atoms with Crippen LogP contribution in [0, 0.1) is 22.0 Å². The maximum absolute atomic E-state index is 14.1. The van der Waals surface area contributed by atoms with Gasteiger partial charge < -0.3 is 5.32 Å². The molecule has 2 bridgehead atoms. The number of carbonyl (C=O) groups is 3. The number of hydrogen-bond acceptors (Lipinski definition) is 5. The van der Waals surface area contributed by atoms with E-state index >= 15 is 0 Å². The van der Waals surface area contributed by atoms with E-state index < -0.39 is 28.7 Å². The van der Waals surface area contributed by atoms with Crippen LogP contribution in [0.3, 0.4) is 0 Å². The largest absolute Gasteiger partial charge is 0.324 e. The summed E-state index contributed by atoms with van der Waals surface area (Å²) in [6.07, 6.45) is 1.81. The SMILES string of the molecule is CCCC[C@@H](C(=O)Nc1ccc([N+](=O)[O-])cc1)N1C(=O)[C@@H]2C3c4ccccc4C(c4ccccc43)[C@@H]2C1=O. The Hall–Kier alpha value is -4.33. The highest BCUT2D eigenvalue weighted by Crippen LogP contribution is 2.61. The Morgan fingerprint density at radius 1 is 0.868 bits per heavy atom. The highest BCUT2D eigenvalue weighted by atomic mass is 16.6. The van der Waals surface area contributed by atoms with Gasteiger partial charge in [0.15, 0.2) is 0 Å². The number of unbranched alkanes of at least 4 members (excludes halogenated alkanes) is 1. The first-order chi connectivity index (χ1) is 18.4. The number of amides is 3. The highest BCUT2D eigenvalue weighted by molar-refractivity contribution is 6.11. The monoisotopic (exact) mass is 509 g/mol. The number of rotatable bonds is 7. The van der Waals surface area contributed by atoms with Crippen LogP contribution < -0.4 is 5.32 Å². The minimum atomic E-state index is -0.957. The molecule has 192 valence electrons. The summed E-state index contributed by atoms with van der Waals surface area (Å²) in [6, 6.07) is 20.6. The first-order valence-electron chi connectivity index (χ1n) is 13.0. The van der Waals surface area contributed by atoms with Crippen molar-refractivity contribution < 1.29 is 19.3 Å². The van der Waals surface area contributed by atoms with Crippen molar-refractivity contribution in [3.8, 4) is 0 Å². The molecule has 7 rings (SSSR count). The van der Waals surface area contributed by atoms with Gasteiger partial charge in [0, 0.05) is 29.7 Å². The molecule has 1 N–H and O–H groups in total. The predicted octanol–water partition coefficient (Wildman–Crippen LogP) is 4.98. The fraction of sp³-hybridized carbons (Fsp3) is 0.300. The van der Waals surface area contributed by atoms with Crippen LogP contribution in [-0.2, 0) is 14.4 Å². The maximum Gasteiger partial charge on any atom is 0.269 e.